The summed E-state index contributed by atoms with van der Waals surface area (Å²) >= 11 is 0. The molecular formula is C27H46N10O6. The number of carbonyl (C=O) groups is 4. The van der Waals surface area contributed by atoms with Crippen molar-refractivity contribution in [1.82, 2.24) is 16.0 Å². The fraction of sp³-hybridized carbons (Fsp3) is 0.556. The van der Waals surface area contributed by atoms with Crippen molar-refractivity contribution in [2.24, 2.45) is 44.6 Å². The van der Waals surface area contributed by atoms with Gasteiger partial charge in [0, 0.05) is 19.5 Å². The number of carboxylic acids is 1. The number of nitrogens with two attached hydrogens (primary N) is 5. The van der Waals surface area contributed by atoms with Crippen LogP contribution in [0.4, 0.5) is 0 Å². The number of nitrogens with one attached hydrogen (secondary N) is 3. The van der Waals surface area contributed by atoms with Crippen molar-refractivity contribution in [3.05, 3.63) is 29.8 Å². The van der Waals surface area contributed by atoms with E-state index >= 15 is 0 Å². The van der Waals surface area contributed by atoms with Crippen LogP contribution < -0.4 is 44.6 Å². The molecule has 16 heteroatoms. The first-order chi connectivity index (χ1) is 20.2. The van der Waals surface area contributed by atoms with Crippen LogP contribution in [0, 0.1) is 5.92 Å². The highest BCUT2D eigenvalue weighted by molar-refractivity contribution is 5.94. The third-order valence-corrected chi connectivity index (χ3v) is 6.71. The quantitative estimate of drug-likeness (QED) is 0.0464. The molecule has 0 spiro atoms. The molecule has 1 rings (SSSR count). The van der Waals surface area contributed by atoms with E-state index in [-0.39, 0.29) is 62.4 Å². The summed E-state index contributed by atoms with van der Waals surface area (Å²) in [6.07, 6.45) is 1.34. The summed E-state index contributed by atoms with van der Waals surface area (Å²) in [4.78, 5) is 59.3. The Bertz CT molecular complexity index is 1120. The summed E-state index contributed by atoms with van der Waals surface area (Å²) in [5.41, 5.74) is 28.1. The van der Waals surface area contributed by atoms with E-state index in [1.807, 2.05) is 13.8 Å². The lowest BCUT2D eigenvalue weighted by molar-refractivity contribution is -0.142. The molecule has 5 atom stereocenters. The second-order valence-corrected chi connectivity index (χ2v) is 10.2. The lowest BCUT2D eigenvalue weighted by atomic mass is 9.98. The van der Waals surface area contributed by atoms with E-state index in [0.29, 0.717) is 18.4 Å². The number of nitrogens with zero attached hydrogens (tertiary/aromatic N) is 2. The van der Waals surface area contributed by atoms with E-state index < -0.39 is 47.9 Å². The number of phenolic OH excluding ortho intramolecular Hbond substituents is 1. The zero-order chi connectivity index (χ0) is 32.5. The van der Waals surface area contributed by atoms with Gasteiger partial charge in [-0.05, 0) is 49.3 Å². The van der Waals surface area contributed by atoms with Gasteiger partial charge in [0.25, 0.3) is 0 Å². The molecule has 0 radical (unpaired) electrons. The van der Waals surface area contributed by atoms with E-state index in [2.05, 4.69) is 25.9 Å². The van der Waals surface area contributed by atoms with Gasteiger partial charge in [0.1, 0.15) is 23.9 Å². The minimum absolute atomic E-state index is 0.00765. The molecule has 0 heterocycles. The number of aromatic hydroxyl groups is 1. The van der Waals surface area contributed by atoms with Gasteiger partial charge in [-0.1, -0.05) is 32.4 Å². The van der Waals surface area contributed by atoms with Crippen LogP contribution in [-0.2, 0) is 25.6 Å². The van der Waals surface area contributed by atoms with Crippen molar-refractivity contribution in [3.63, 3.8) is 0 Å². The molecule has 0 saturated heterocycles. The first kappa shape index (κ1) is 36.4. The number of carbonyl (C=O) groups excluding carboxylic acids is 3. The molecule has 0 aromatic heterocycles. The Morgan fingerprint density at radius 2 is 1.23 bits per heavy atom. The number of benzene rings is 1. The molecule has 3 amide bonds. The highest BCUT2D eigenvalue weighted by Gasteiger charge is 2.31. The van der Waals surface area contributed by atoms with Crippen molar-refractivity contribution in [3.8, 4) is 5.75 Å². The highest BCUT2D eigenvalue weighted by Crippen LogP contribution is 2.12. The molecule has 0 aliphatic rings. The van der Waals surface area contributed by atoms with Crippen LogP contribution in [-0.4, -0.2) is 83.1 Å². The van der Waals surface area contributed by atoms with Gasteiger partial charge < -0.3 is 54.8 Å². The Morgan fingerprint density at radius 3 is 1.65 bits per heavy atom. The largest absolute Gasteiger partial charge is 0.508 e. The molecule has 0 bridgehead atoms. The second-order valence-electron chi connectivity index (χ2n) is 10.2. The van der Waals surface area contributed by atoms with Gasteiger partial charge in [0.15, 0.2) is 11.9 Å². The maximum atomic E-state index is 13.4. The zero-order valence-electron chi connectivity index (χ0n) is 24.7. The Hall–Kier alpha value is -4.60. The predicted octanol–water partition coefficient (Wildman–Crippen LogP) is -2.05. The molecule has 0 saturated carbocycles. The highest BCUT2D eigenvalue weighted by atomic mass is 16.4. The van der Waals surface area contributed by atoms with Crippen molar-refractivity contribution >= 4 is 35.6 Å². The first-order valence-corrected chi connectivity index (χ1v) is 14.0. The molecule has 1 aromatic carbocycles. The number of rotatable bonds is 19. The third kappa shape index (κ3) is 14.2. The summed E-state index contributed by atoms with van der Waals surface area (Å²) in [5, 5.41) is 27.0. The summed E-state index contributed by atoms with van der Waals surface area (Å²) in [6.45, 7) is 4.04. The Balaban J connectivity index is 3.16. The van der Waals surface area contributed by atoms with E-state index in [1.54, 1.807) is 0 Å². The maximum absolute atomic E-state index is 13.4. The maximum Gasteiger partial charge on any atom is 0.326 e. The molecule has 43 heavy (non-hydrogen) atoms. The average molecular weight is 607 g/mol. The zero-order valence-corrected chi connectivity index (χ0v) is 24.7. The lowest BCUT2D eigenvalue weighted by Gasteiger charge is -2.26. The summed E-state index contributed by atoms with van der Waals surface area (Å²) in [5.74, 6) is -3.68. The Kier molecular flexibility index (Phi) is 15.9. The molecule has 0 aliphatic carbocycles. The molecule has 0 aliphatic heterocycles. The van der Waals surface area contributed by atoms with Crippen LogP contribution in [0.25, 0.3) is 0 Å². The van der Waals surface area contributed by atoms with Crippen LogP contribution in [0.1, 0.15) is 51.5 Å². The molecule has 16 nitrogen and oxygen atoms in total. The smallest absolute Gasteiger partial charge is 0.326 e. The minimum atomic E-state index is -1.34. The standard InChI is InChI=1S/C27H46N10O6/c1-3-15(2)21(28)24(41)36-19(7-5-13-34-27(31)32)22(39)35-18(6-4-12-33-26(29)30)23(40)37-20(25(42)43)14-16-8-10-17(38)11-9-16/h8-11,15,18-21,38H,3-7,12-14,28H2,1-2H3,(H,35,39)(H,36,41)(H,37,40)(H,42,43)(H4,29,30,33)(H4,31,32,34). The summed E-state index contributed by atoms with van der Waals surface area (Å²) in [6, 6.07) is 1.39. The van der Waals surface area contributed by atoms with E-state index in [0.717, 1.165) is 0 Å². The van der Waals surface area contributed by atoms with Gasteiger partial charge in [-0.2, -0.15) is 0 Å². The van der Waals surface area contributed by atoms with Gasteiger partial charge in [-0.25, -0.2) is 4.79 Å². The van der Waals surface area contributed by atoms with Crippen LogP contribution in [0.3, 0.4) is 0 Å². The lowest BCUT2D eigenvalue weighted by Crippen LogP contribution is -2.57. The minimum Gasteiger partial charge on any atom is -0.508 e. The van der Waals surface area contributed by atoms with E-state index in [9.17, 15) is 29.4 Å². The van der Waals surface area contributed by atoms with Crippen molar-refractivity contribution in [2.45, 2.75) is 76.5 Å². The first-order valence-electron chi connectivity index (χ1n) is 14.0. The summed E-state index contributed by atoms with van der Waals surface area (Å²) in [7, 11) is 0. The normalized spacial score (nSPS) is 14.2. The van der Waals surface area contributed by atoms with Gasteiger partial charge >= 0.3 is 5.97 Å². The third-order valence-electron chi connectivity index (χ3n) is 6.71. The Labute approximate surface area is 250 Å². The van der Waals surface area contributed by atoms with E-state index in [1.165, 1.54) is 24.3 Å². The van der Waals surface area contributed by atoms with Crippen molar-refractivity contribution in [1.29, 1.82) is 0 Å². The van der Waals surface area contributed by atoms with Crippen molar-refractivity contribution in [2.75, 3.05) is 13.1 Å². The van der Waals surface area contributed by atoms with Gasteiger partial charge in [-0.15, -0.1) is 0 Å². The van der Waals surface area contributed by atoms with Crippen LogP contribution in [0.5, 0.6) is 5.75 Å². The number of hydrogen-bond donors (Lipinski definition) is 10. The van der Waals surface area contributed by atoms with Crippen LogP contribution in [0.15, 0.2) is 34.3 Å². The predicted molar refractivity (Wildman–Crippen MR) is 162 cm³/mol. The average Bonchev–Trinajstić information content (AvgIpc) is 2.95. The van der Waals surface area contributed by atoms with Crippen molar-refractivity contribution < 1.29 is 29.4 Å². The molecule has 5 unspecified atom stereocenters. The molecule has 1 aromatic rings. The van der Waals surface area contributed by atoms with Gasteiger partial charge in [-0.3, -0.25) is 24.4 Å². The summed E-state index contributed by atoms with van der Waals surface area (Å²) < 4.78 is 0. The van der Waals surface area contributed by atoms with Gasteiger partial charge in [0.2, 0.25) is 17.7 Å². The van der Waals surface area contributed by atoms with Crippen LogP contribution >= 0.6 is 0 Å². The van der Waals surface area contributed by atoms with Crippen LogP contribution in [0.2, 0.25) is 0 Å². The number of guanidine groups is 2. The number of aliphatic imine (C=N–C) groups is 2. The van der Waals surface area contributed by atoms with Gasteiger partial charge in [0.05, 0.1) is 6.04 Å². The molecular weight excluding hydrogens is 560 g/mol. The number of carboxylic acid groups (broad SMARTS) is 1. The SMILES string of the molecule is CCC(C)C(N)C(=O)NC(CCCN=C(N)N)C(=O)NC(CCCN=C(N)N)C(=O)NC(Cc1ccc(O)cc1)C(=O)O. The topological polar surface area (TPSA) is 300 Å². The Morgan fingerprint density at radius 1 is 0.791 bits per heavy atom. The monoisotopic (exact) mass is 606 g/mol. The molecule has 0 fully saturated rings. The van der Waals surface area contributed by atoms with E-state index in [4.69, 9.17) is 28.7 Å². The molecule has 240 valence electrons. The number of phenols is 1. The molecule has 15 N–H and O–H groups in total. The number of hydrogen-bond acceptors (Lipinski definition) is 8. The second kappa shape index (κ2) is 18.8. The fourth-order valence-electron chi connectivity index (χ4n) is 3.94. The number of aliphatic carboxylic acids is 1. The number of amides is 3. The fourth-order valence-corrected chi connectivity index (χ4v) is 3.94.